The maximum absolute atomic E-state index is 5.74. The van der Waals surface area contributed by atoms with E-state index in [9.17, 15) is 0 Å². The molecule has 0 N–H and O–H groups in total. The summed E-state index contributed by atoms with van der Waals surface area (Å²) in [4.78, 5) is 4.50. The second kappa shape index (κ2) is 7.28. The summed E-state index contributed by atoms with van der Waals surface area (Å²) >= 11 is -1.75. The van der Waals surface area contributed by atoms with Crippen LogP contribution >= 0.6 is 0 Å². The van der Waals surface area contributed by atoms with E-state index in [-0.39, 0.29) is 3.43 Å². The molecule has 3 aromatic carbocycles. The van der Waals surface area contributed by atoms with Crippen LogP contribution in [0.3, 0.4) is 0 Å². The first-order valence-corrected chi connectivity index (χ1v) is 12.5. The van der Waals surface area contributed by atoms with Gasteiger partial charge in [0, 0.05) is 0 Å². The molecular formula is C22H19NOSn. The van der Waals surface area contributed by atoms with E-state index in [0.29, 0.717) is 0 Å². The van der Waals surface area contributed by atoms with Crippen molar-refractivity contribution in [1.82, 2.24) is 4.98 Å². The first-order valence-electron chi connectivity index (χ1n) is 8.44. The average Bonchev–Trinajstić information content (AvgIpc) is 3.21. The van der Waals surface area contributed by atoms with E-state index in [2.05, 4.69) is 96.0 Å². The van der Waals surface area contributed by atoms with Gasteiger partial charge in [0.05, 0.1) is 0 Å². The molecule has 0 aliphatic heterocycles. The number of benzene rings is 3. The van der Waals surface area contributed by atoms with Gasteiger partial charge in [-0.15, -0.1) is 0 Å². The van der Waals surface area contributed by atoms with Gasteiger partial charge in [-0.1, -0.05) is 0 Å². The summed E-state index contributed by atoms with van der Waals surface area (Å²) in [6, 6.07) is 32.4. The van der Waals surface area contributed by atoms with Crippen molar-refractivity contribution in [3.8, 4) is 0 Å². The van der Waals surface area contributed by atoms with Crippen molar-refractivity contribution in [1.29, 1.82) is 0 Å². The average molecular weight is 432 g/mol. The van der Waals surface area contributed by atoms with Gasteiger partial charge in [0.1, 0.15) is 0 Å². The normalized spacial score (nSPS) is 11.8. The fourth-order valence-electron chi connectivity index (χ4n) is 3.54. The molecule has 0 unspecified atom stereocenters. The zero-order chi connectivity index (χ0) is 17.0. The summed E-state index contributed by atoms with van der Waals surface area (Å²) in [5.41, 5.74) is 3.96. The SMILES string of the molecule is c1ccc([C]([SnH2][c]2ncco2)(c2ccccc2)c2ccccc2)cc1. The Balaban J connectivity index is 2.01. The van der Waals surface area contributed by atoms with Gasteiger partial charge in [0.15, 0.2) is 0 Å². The Morgan fingerprint density at radius 3 is 1.44 bits per heavy atom. The fourth-order valence-corrected chi connectivity index (χ4v) is 9.68. The third-order valence-corrected chi connectivity index (χ3v) is 11.6. The van der Waals surface area contributed by atoms with Crippen LogP contribution < -0.4 is 3.91 Å². The first kappa shape index (κ1) is 16.2. The second-order valence-corrected chi connectivity index (χ2v) is 11.9. The van der Waals surface area contributed by atoms with Crippen LogP contribution in [0.2, 0.25) is 0 Å². The van der Waals surface area contributed by atoms with Crippen LogP contribution in [0, 0.1) is 0 Å². The maximum atomic E-state index is 5.74. The quantitative estimate of drug-likeness (QED) is 0.357. The number of nitrogens with zero attached hydrogens (tertiary/aromatic N) is 1. The molecule has 25 heavy (non-hydrogen) atoms. The molecule has 1 aromatic heterocycles. The molecule has 4 rings (SSSR count). The van der Waals surface area contributed by atoms with E-state index in [1.165, 1.54) is 16.7 Å². The molecule has 0 fully saturated rings. The number of rotatable bonds is 5. The van der Waals surface area contributed by atoms with E-state index < -0.39 is 21.1 Å². The molecule has 122 valence electrons. The summed E-state index contributed by atoms with van der Waals surface area (Å²) < 4.78 is 6.54. The summed E-state index contributed by atoms with van der Waals surface area (Å²) in [6.45, 7) is 0. The minimum absolute atomic E-state index is 0.143. The topological polar surface area (TPSA) is 26.0 Å². The fraction of sp³-hybridized carbons (Fsp3) is 0.0455. The minimum atomic E-state index is -1.75. The van der Waals surface area contributed by atoms with Crippen LogP contribution in [0.1, 0.15) is 16.7 Å². The molecule has 0 aliphatic rings. The number of oxazole rings is 1. The van der Waals surface area contributed by atoms with Crippen LogP contribution in [0.4, 0.5) is 0 Å². The zero-order valence-corrected chi connectivity index (χ0v) is 17.9. The molecule has 0 saturated carbocycles. The van der Waals surface area contributed by atoms with Crippen molar-refractivity contribution < 1.29 is 4.42 Å². The molecule has 0 radical (unpaired) electrons. The Labute approximate surface area is 157 Å². The Morgan fingerprint density at radius 2 is 1.08 bits per heavy atom. The van der Waals surface area contributed by atoms with Crippen LogP contribution in [0.5, 0.6) is 0 Å². The summed E-state index contributed by atoms with van der Waals surface area (Å²) in [7, 11) is 0. The molecule has 0 bridgehead atoms. The van der Waals surface area contributed by atoms with E-state index in [0.717, 1.165) is 3.91 Å². The van der Waals surface area contributed by atoms with Gasteiger partial charge in [0.2, 0.25) is 0 Å². The van der Waals surface area contributed by atoms with Gasteiger partial charge in [0.25, 0.3) is 0 Å². The summed E-state index contributed by atoms with van der Waals surface area (Å²) in [5.74, 6) is 0. The Bertz CT molecular complexity index is 810. The monoisotopic (exact) mass is 433 g/mol. The van der Waals surface area contributed by atoms with Crippen LogP contribution in [0.25, 0.3) is 0 Å². The first-order chi connectivity index (χ1) is 12.4. The van der Waals surface area contributed by atoms with E-state index in [1.807, 2.05) is 0 Å². The molecule has 0 amide bonds. The van der Waals surface area contributed by atoms with E-state index in [1.54, 1.807) is 12.5 Å². The Hall–Kier alpha value is -2.33. The van der Waals surface area contributed by atoms with Crippen LogP contribution in [0.15, 0.2) is 108 Å². The second-order valence-electron chi connectivity index (χ2n) is 6.11. The van der Waals surface area contributed by atoms with Crippen molar-refractivity contribution in [2.24, 2.45) is 0 Å². The van der Waals surface area contributed by atoms with Crippen LogP contribution in [-0.2, 0) is 3.43 Å². The Kier molecular flexibility index (Phi) is 4.70. The number of hydrogen-bond donors (Lipinski definition) is 0. The molecule has 0 spiro atoms. The Morgan fingerprint density at radius 1 is 0.640 bits per heavy atom. The zero-order valence-electron chi connectivity index (χ0n) is 13.9. The van der Waals surface area contributed by atoms with Gasteiger partial charge in [-0.05, 0) is 0 Å². The summed E-state index contributed by atoms with van der Waals surface area (Å²) in [5, 5.41) is 0. The molecule has 1 heterocycles. The van der Waals surface area contributed by atoms with Crippen molar-refractivity contribution in [2.45, 2.75) is 3.43 Å². The number of hydrogen-bond acceptors (Lipinski definition) is 2. The van der Waals surface area contributed by atoms with Gasteiger partial charge >= 0.3 is 158 Å². The van der Waals surface area contributed by atoms with Gasteiger partial charge in [-0.25, -0.2) is 0 Å². The molecule has 0 saturated heterocycles. The van der Waals surface area contributed by atoms with Crippen molar-refractivity contribution in [2.75, 3.05) is 0 Å². The molecular weight excluding hydrogens is 413 g/mol. The van der Waals surface area contributed by atoms with Crippen molar-refractivity contribution in [3.63, 3.8) is 0 Å². The molecule has 4 aromatic rings. The molecule has 0 atom stereocenters. The third-order valence-electron chi connectivity index (χ3n) is 4.70. The molecule has 2 nitrogen and oxygen atoms in total. The van der Waals surface area contributed by atoms with Crippen molar-refractivity contribution in [3.05, 3.63) is 120 Å². The number of aromatic nitrogens is 1. The van der Waals surface area contributed by atoms with E-state index in [4.69, 9.17) is 4.42 Å². The van der Waals surface area contributed by atoms with Gasteiger partial charge in [-0.3, -0.25) is 0 Å². The predicted molar refractivity (Wildman–Crippen MR) is 104 cm³/mol. The van der Waals surface area contributed by atoms with Gasteiger partial charge < -0.3 is 0 Å². The standard InChI is InChI=1S/C19H15.C3H2NO.Sn.2H/c1-4-10-16(11-5-1)19(17-12-6-2-7-13-17)18-14-8-3-9-15-18;1-2-5-3-4-1;;;/h1-15H;1-2H;;;. The molecule has 3 heteroatoms. The van der Waals surface area contributed by atoms with Gasteiger partial charge in [-0.2, -0.15) is 0 Å². The van der Waals surface area contributed by atoms with Crippen LogP contribution in [-0.4, -0.2) is 26.1 Å². The molecule has 0 aliphatic carbocycles. The third kappa shape index (κ3) is 3.14. The van der Waals surface area contributed by atoms with Crippen molar-refractivity contribution >= 4 is 25.0 Å². The summed E-state index contributed by atoms with van der Waals surface area (Å²) in [6.07, 6.45) is 3.45. The van der Waals surface area contributed by atoms with E-state index >= 15 is 0 Å². The predicted octanol–water partition coefficient (Wildman–Crippen LogP) is 3.46.